The van der Waals surface area contributed by atoms with Gasteiger partial charge in [-0.25, -0.2) is 9.97 Å². The van der Waals surface area contributed by atoms with Crippen LogP contribution in [0.25, 0.3) is 5.69 Å². The maximum Gasteiger partial charge on any atom is 0.233 e. The lowest BCUT2D eigenvalue weighted by Crippen LogP contribution is -2.49. The number of hydrogen-bond donors (Lipinski definition) is 0. The van der Waals surface area contributed by atoms with E-state index in [9.17, 15) is 4.79 Å². The van der Waals surface area contributed by atoms with Gasteiger partial charge >= 0.3 is 0 Å². The molecule has 0 radical (unpaired) electrons. The van der Waals surface area contributed by atoms with Crippen molar-refractivity contribution in [2.45, 2.75) is 19.0 Å². The molecule has 1 amide bonds. The minimum atomic E-state index is 0.0820. The number of thioether (sulfide) groups is 1. The van der Waals surface area contributed by atoms with Crippen molar-refractivity contribution in [3.8, 4) is 5.69 Å². The van der Waals surface area contributed by atoms with Crippen molar-refractivity contribution in [2.75, 3.05) is 36.8 Å². The summed E-state index contributed by atoms with van der Waals surface area (Å²) < 4.78 is 1.68. The minimum absolute atomic E-state index is 0.0820. The molecule has 4 rings (SSSR count). The highest BCUT2D eigenvalue weighted by molar-refractivity contribution is 7.99. The zero-order chi connectivity index (χ0) is 20.2. The van der Waals surface area contributed by atoms with Gasteiger partial charge in [0.15, 0.2) is 0 Å². The maximum atomic E-state index is 12.7. The Hall–Kier alpha value is -3.01. The number of aromatic nitrogens is 6. The fraction of sp³-hybridized carbons (Fsp3) is 0.368. The summed E-state index contributed by atoms with van der Waals surface area (Å²) in [5, 5.41) is 12.6. The smallest absolute Gasteiger partial charge is 0.233 e. The van der Waals surface area contributed by atoms with Gasteiger partial charge < -0.3 is 9.80 Å². The lowest BCUT2D eigenvalue weighted by molar-refractivity contribution is -0.128. The predicted octanol–water partition coefficient (Wildman–Crippen LogP) is 1.51. The Balaban J connectivity index is 1.35. The van der Waals surface area contributed by atoms with Crippen LogP contribution >= 0.6 is 11.8 Å². The van der Waals surface area contributed by atoms with Gasteiger partial charge in [0, 0.05) is 38.6 Å². The number of carbonyl (C=O) groups excluding carboxylic acids is 1. The van der Waals surface area contributed by atoms with Crippen molar-refractivity contribution < 1.29 is 4.79 Å². The number of piperazine rings is 1. The molecule has 29 heavy (non-hydrogen) atoms. The van der Waals surface area contributed by atoms with E-state index < -0.39 is 0 Å². The summed E-state index contributed by atoms with van der Waals surface area (Å²) in [6.07, 6.45) is 3.47. The van der Waals surface area contributed by atoms with Crippen LogP contribution < -0.4 is 4.90 Å². The third-order valence-corrected chi connectivity index (χ3v) is 5.59. The van der Waals surface area contributed by atoms with E-state index in [4.69, 9.17) is 0 Å². The first kappa shape index (κ1) is 19.3. The molecule has 0 saturated carbocycles. The Bertz CT molecular complexity index is 965. The summed E-state index contributed by atoms with van der Waals surface area (Å²) in [5.41, 5.74) is 3.18. The van der Waals surface area contributed by atoms with Crippen molar-refractivity contribution in [3.05, 3.63) is 47.8 Å². The molecule has 1 aromatic carbocycles. The first-order valence-corrected chi connectivity index (χ1v) is 10.4. The number of tetrazole rings is 1. The number of anilines is 1. The van der Waals surface area contributed by atoms with E-state index >= 15 is 0 Å². The first-order chi connectivity index (χ1) is 14.1. The van der Waals surface area contributed by atoms with Gasteiger partial charge in [-0.3, -0.25) is 4.79 Å². The van der Waals surface area contributed by atoms with Crippen molar-refractivity contribution in [1.29, 1.82) is 0 Å². The van der Waals surface area contributed by atoms with Gasteiger partial charge in [0.2, 0.25) is 17.0 Å². The van der Waals surface area contributed by atoms with Gasteiger partial charge in [0.1, 0.15) is 0 Å². The highest BCUT2D eigenvalue weighted by Gasteiger charge is 2.23. The molecule has 10 heteroatoms. The van der Waals surface area contributed by atoms with E-state index in [2.05, 4.69) is 36.5 Å². The topological polar surface area (TPSA) is 92.9 Å². The molecule has 0 atom stereocenters. The molecule has 0 unspecified atom stereocenters. The van der Waals surface area contributed by atoms with Crippen LogP contribution in [0.15, 0.2) is 41.8 Å². The van der Waals surface area contributed by atoms with Crippen LogP contribution in [0.2, 0.25) is 0 Å². The fourth-order valence-corrected chi connectivity index (χ4v) is 4.13. The van der Waals surface area contributed by atoms with E-state index in [1.54, 1.807) is 23.1 Å². The second-order valence-electron chi connectivity index (χ2n) is 6.92. The maximum absolute atomic E-state index is 12.7. The molecule has 3 aromatic rings. The van der Waals surface area contributed by atoms with Crippen LogP contribution in [0.4, 0.5) is 5.95 Å². The molecule has 1 aliphatic heterocycles. The standard InChI is InChI=1S/C19H22N8OS/c1-14-10-15(2)12-16(11-14)27-19(22-23-24-27)29-13-17(28)25-6-8-26(9-7-25)18-20-4-3-5-21-18/h3-5,10-12H,6-9,13H2,1-2H3. The lowest BCUT2D eigenvalue weighted by atomic mass is 10.1. The van der Waals surface area contributed by atoms with E-state index in [1.165, 1.54) is 11.8 Å². The van der Waals surface area contributed by atoms with E-state index in [-0.39, 0.29) is 5.91 Å². The zero-order valence-electron chi connectivity index (χ0n) is 16.4. The van der Waals surface area contributed by atoms with Gasteiger partial charge in [-0.1, -0.05) is 17.8 Å². The monoisotopic (exact) mass is 410 g/mol. The average Bonchev–Trinajstić information content (AvgIpc) is 3.21. The number of amides is 1. The molecule has 3 heterocycles. The van der Waals surface area contributed by atoms with Gasteiger partial charge in [-0.05, 0) is 53.6 Å². The fourth-order valence-electron chi connectivity index (χ4n) is 3.33. The Morgan fingerprint density at radius 3 is 2.41 bits per heavy atom. The second-order valence-corrected chi connectivity index (χ2v) is 7.87. The summed E-state index contributed by atoms with van der Waals surface area (Å²) in [5.74, 6) is 1.09. The van der Waals surface area contributed by atoms with Crippen molar-refractivity contribution in [2.24, 2.45) is 0 Å². The van der Waals surface area contributed by atoms with Gasteiger partial charge in [0.25, 0.3) is 0 Å². The minimum Gasteiger partial charge on any atom is -0.338 e. The number of rotatable bonds is 5. The molecule has 1 aliphatic rings. The molecule has 0 N–H and O–H groups in total. The number of carbonyl (C=O) groups is 1. The van der Waals surface area contributed by atoms with Crippen molar-refractivity contribution >= 4 is 23.6 Å². The van der Waals surface area contributed by atoms with Gasteiger partial charge in [-0.2, -0.15) is 4.68 Å². The van der Waals surface area contributed by atoms with E-state index in [0.717, 1.165) is 29.9 Å². The van der Waals surface area contributed by atoms with Crippen LogP contribution in [0.3, 0.4) is 0 Å². The van der Waals surface area contributed by atoms with Gasteiger partial charge in [-0.15, -0.1) is 5.10 Å². The third kappa shape index (κ3) is 4.53. The number of aryl methyl sites for hydroxylation is 2. The van der Waals surface area contributed by atoms with Crippen LogP contribution in [0.5, 0.6) is 0 Å². The van der Waals surface area contributed by atoms with Crippen LogP contribution in [0, 0.1) is 13.8 Å². The lowest BCUT2D eigenvalue weighted by Gasteiger charge is -2.34. The average molecular weight is 411 g/mol. The summed E-state index contributed by atoms with van der Waals surface area (Å²) in [4.78, 5) is 25.2. The molecular formula is C19H22N8OS. The molecule has 0 bridgehead atoms. The molecular weight excluding hydrogens is 388 g/mol. The molecule has 0 aliphatic carbocycles. The summed E-state index contributed by atoms with van der Waals surface area (Å²) in [6.45, 7) is 6.83. The molecule has 1 saturated heterocycles. The van der Waals surface area contributed by atoms with Gasteiger partial charge in [0.05, 0.1) is 11.4 Å². The van der Waals surface area contributed by atoms with E-state index in [0.29, 0.717) is 29.9 Å². The Morgan fingerprint density at radius 1 is 1.03 bits per heavy atom. The summed E-state index contributed by atoms with van der Waals surface area (Å²) >= 11 is 1.36. The third-order valence-electron chi connectivity index (χ3n) is 4.68. The SMILES string of the molecule is Cc1cc(C)cc(-n2nnnc2SCC(=O)N2CCN(c3ncccn3)CC2)c1. The second kappa shape index (κ2) is 8.56. The normalized spacial score (nSPS) is 14.3. The predicted molar refractivity (Wildman–Crippen MR) is 110 cm³/mol. The Kier molecular flexibility index (Phi) is 5.70. The number of nitrogens with zero attached hydrogens (tertiary/aromatic N) is 8. The molecule has 9 nitrogen and oxygen atoms in total. The number of benzene rings is 1. The molecule has 150 valence electrons. The van der Waals surface area contributed by atoms with Crippen LogP contribution in [0.1, 0.15) is 11.1 Å². The van der Waals surface area contributed by atoms with Crippen molar-refractivity contribution in [3.63, 3.8) is 0 Å². The zero-order valence-corrected chi connectivity index (χ0v) is 17.2. The summed E-state index contributed by atoms with van der Waals surface area (Å²) in [6, 6.07) is 7.96. The molecule has 1 fully saturated rings. The van der Waals surface area contributed by atoms with Crippen molar-refractivity contribution in [1.82, 2.24) is 35.1 Å². The largest absolute Gasteiger partial charge is 0.338 e. The van der Waals surface area contributed by atoms with Crippen LogP contribution in [-0.2, 0) is 4.79 Å². The quantitative estimate of drug-likeness (QED) is 0.585. The molecule has 2 aromatic heterocycles. The highest BCUT2D eigenvalue weighted by atomic mass is 32.2. The Labute approximate surface area is 173 Å². The van der Waals surface area contributed by atoms with E-state index in [1.807, 2.05) is 30.9 Å². The molecule has 0 spiro atoms. The summed E-state index contributed by atoms with van der Waals surface area (Å²) in [7, 11) is 0. The highest BCUT2D eigenvalue weighted by Crippen LogP contribution is 2.21. The first-order valence-electron chi connectivity index (χ1n) is 9.40. The van der Waals surface area contributed by atoms with Crippen LogP contribution in [-0.4, -0.2) is 72.9 Å². The number of hydrogen-bond acceptors (Lipinski definition) is 8. The Morgan fingerprint density at radius 2 is 1.72 bits per heavy atom.